The largest absolute Gasteiger partial charge is 0.481 e. The van der Waals surface area contributed by atoms with Crippen LogP contribution in [0.3, 0.4) is 0 Å². The van der Waals surface area contributed by atoms with Gasteiger partial charge in [-0.25, -0.2) is 4.98 Å². The molecule has 0 saturated heterocycles. The Hall–Kier alpha value is -2.89. The van der Waals surface area contributed by atoms with Crippen molar-refractivity contribution >= 4 is 5.69 Å². The molecule has 2 bridgehead atoms. The highest BCUT2D eigenvalue weighted by Gasteiger charge is 2.51. The van der Waals surface area contributed by atoms with Gasteiger partial charge in [0, 0.05) is 29.9 Å². The molecule has 0 aliphatic heterocycles. The lowest BCUT2D eigenvalue weighted by atomic mass is 9.53. The van der Waals surface area contributed by atoms with Crippen molar-refractivity contribution in [2.24, 2.45) is 5.41 Å². The molecule has 6 nitrogen and oxygen atoms in total. The molecule has 0 amide bonds. The van der Waals surface area contributed by atoms with Crippen molar-refractivity contribution < 1.29 is 9.26 Å². The Kier molecular flexibility index (Phi) is 4.72. The van der Waals surface area contributed by atoms with Crippen LogP contribution in [0.15, 0.2) is 47.1 Å². The van der Waals surface area contributed by atoms with E-state index >= 15 is 0 Å². The van der Waals surface area contributed by atoms with Crippen LogP contribution in [-0.2, 0) is 5.41 Å². The van der Waals surface area contributed by atoms with Gasteiger partial charge in [0.2, 0.25) is 11.8 Å². The normalized spacial score (nSPS) is 25.3. The van der Waals surface area contributed by atoms with Gasteiger partial charge in [0.05, 0.1) is 7.11 Å². The number of hydrogen-bond acceptors (Lipinski definition) is 6. The number of methoxy groups -OCH3 is 1. The lowest BCUT2D eigenvalue weighted by Crippen LogP contribution is -2.47. The summed E-state index contributed by atoms with van der Waals surface area (Å²) in [5, 5.41) is 7.76. The molecule has 3 fully saturated rings. The van der Waals surface area contributed by atoms with Gasteiger partial charge in [0.15, 0.2) is 5.82 Å². The second-order valence-electron chi connectivity index (χ2n) is 8.95. The van der Waals surface area contributed by atoms with E-state index in [2.05, 4.69) is 44.7 Å². The van der Waals surface area contributed by atoms with E-state index in [1.54, 1.807) is 13.3 Å². The Morgan fingerprint density at radius 2 is 1.80 bits per heavy atom. The lowest BCUT2D eigenvalue weighted by molar-refractivity contribution is 0.0322. The zero-order valence-corrected chi connectivity index (χ0v) is 17.6. The second kappa shape index (κ2) is 7.42. The number of aryl methyl sites for hydroxylation is 1. The monoisotopic (exact) mass is 404 g/mol. The summed E-state index contributed by atoms with van der Waals surface area (Å²) < 4.78 is 10.8. The number of ether oxygens (including phenoxy) is 1. The summed E-state index contributed by atoms with van der Waals surface area (Å²) in [4.78, 5) is 8.77. The molecule has 0 radical (unpaired) electrons. The molecule has 6 rings (SSSR count). The number of rotatable bonds is 6. The van der Waals surface area contributed by atoms with Crippen LogP contribution < -0.4 is 10.1 Å². The fourth-order valence-corrected chi connectivity index (χ4v) is 5.16. The van der Waals surface area contributed by atoms with Gasteiger partial charge >= 0.3 is 0 Å². The Morgan fingerprint density at radius 3 is 2.50 bits per heavy atom. The van der Waals surface area contributed by atoms with E-state index in [9.17, 15) is 0 Å². The topological polar surface area (TPSA) is 73.1 Å². The Morgan fingerprint density at radius 1 is 1.03 bits per heavy atom. The van der Waals surface area contributed by atoms with E-state index < -0.39 is 0 Å². The SMILES string of the molecule is COc1cc(-c2cccc(NCC34CCC(c5nc(C)no5)(CC3)CC4)c2)ccn1. The predicted octanol–water partition coefficient (Wildman–Crippen LogP) is 5.15. The Balaban J connectivity index is 1.26. The maximum Gasteiger partial charge on any atom is 0.232 e. The van der Waals surface area contributed by atoms with Crippen molar-refractivity contribution in [3.63, 3.8) is 0 Å². The smallest absolute Gasteiger partial charge is 0.232 e. The molecule has 0 unspecified atom stereocenters. The van der Waals surface area contributed by atoms with Gasteiger partial charge in [-0.15, -0.1) is 0 Å². The van der Waals surface area contributed by atoms with Crippen LogP contribution in [0.4, 0.5) is 5.69 Å². The zero-order chi connectivity index (χ0) is 20.6. The molecule has 3 aliphatic carbocycles. The van der Waals surface area contributed by atoms with Gasteiger partial charge in [0.25, 0.3) is 0 Å². The van der Waals surface area contributed by atoms with Crippen molar-refractivity contribution in [2.45, 2.75) is 50.9 Å². The molecule has 2 aromatic heterocycles. The van der Waals surface area contributed by atoms with E-state index in [1.165, 1.54) is 19.3 Å². The van der Waals surface area contributed by atoms with Gasteiger partial charge in [-0.1, -0.05) is 17.3 Å². The molecular formula is C24H28N4O2. The highest BCUT2D eigenvalue weighted by Crippen LogP contribution is 2.57. The van der Waals surface area contributed by atoms with Crippen LogP contribution in [0.1, 0.15) is 50.2 Å². The molecular weight excluding hydrogens is 376 g/mol. The first-order valence-corrected chi connectivity index (χ1v) is 10.8. The molecule has 3 aromatic rings. The number of anilines is 1. The van der Waals surface area contributed by atoms with Crippen LogP contribution in [0.25, 0.3) is 11.1 Å². The lowest BCUT2D eigenvalue weighted by Gasteiger charge is -2.52. The number of fused-ring (bicyclic) bond motifs is 3. The average molecular weight is 405 g/mol. The second-order valence-corrected chi connectivity index (χ2v) is 8.95. The number of nitrogens with one attached hydrogen (secondary N) is 1. The summed E-state index contributed by atoms with van der Waals surface area (Å²) in [5.74, 6) is 2.24. The fraction of sp³-hybridized carbons (Fsp3) is 0.458. The third kappa shape index (κ3) is 3.44. The molecule has 6 heteroatoms. The van der Waals surface area contributed by atoms with Crippen LogP contribution in [0.2, 0.25) is 0 Å². The molecule has 1 aromatic carbocycles. The quantitative estimate of drug-likeness (QED) is 0.612. The molecule has 3 saturated carbocycles. The van der Waals surface area contributed by atoms with Gasteiger partial charge in [-0.3, -0.25) is 0 Å². The summed E-state index contributed by atoms with van der Waals surface area (Å²) in [7, 11) is 1.64. The highest BCUT2D eigenvalue weighted by molar-refractivity contribution is 5.68. The molecule has 0 spiro atoms. The highest BCUT2D eigenvalue weighted by atomic mass is 16.5. The van der Waals surface area contributed by atoms with E-state index in [0.717, 1.165) is 54.3 Å². The van der Waals surface area contributed by atoms with Crippen LogP contribution in [0.5, 0.6) is 5.88 Å². The molecule has 1 N–H and O–H groups in total. The van der Waals surface area contributed by atoms with Gasteiger partial charge in [0.1, 0.15) is 0 Å². The average Bonchev–Trinajstić information content (AvgIpc) is 3.26. The number of aromatic nitrogens is 3. The Bertz CT molecular complexity index is 1020. The van der Waals surface area contributed by atoms with Crippen molar-refractivity contribution in [3.8, 4) is 17.0 Å². The standard InChI is InChI=1S/C24H28N4O2/c1-17-27-22(30-28-17)24-10-7-23(8-11-24,9-12-24)16-26-20-5-3-4-18(14-20)19-6-13-25-21(15-19)29-2/h3-6,13-15,26H,7-12,16H2,1-2H3. The van der Waals surface area contributed by atoms with E-state index in [0.29, 0.717) is 11.3 Å². The summed E-state index contributed by atoms with van der Waals surface area (Å²) >= 11 is 0. The maximum atomic E-state index is 5.57. The van der Waals surface area contributed by atoms with E-state index in [-0.39, 0.29) is 5.41 Å². The minimum absolute atomic E-state index is 0.114. The summed E-state index contributed by atoms with van der Waals surface area (Å²) in [6, 6.07) is 12.6. The van der Waals surface area contributed by atoms with Crippen molar-refractivity contribution in [1.82, 2.24) is 15.1 Å². The summed E-state index contributed by atoms with van der Waals surface area (Å²) in [5.41, 5.74) is 3.92. The fourth-order valence-electron chi connectivity index (χ4n) is 5.16. The minimum Gasteiger partial charge on any atom is -0.481 e. The number of pyridine rings is 1. The van der Waals surface area contributed by atoms with Gasteiger partial charge in [-0.2, -0.15) is 4.98 Å². The summed E-state index contributed by atoms with van der Waals surface area (Å²) in [6.45, 7) is 2.91. The van der Waals surface area contributed by atoms with Crippen LogP contribution in [0, 0.1) is 12.3 Å². The van der Waals surface area contributed by atoms with Crippen molar-refractivity contribution in [3.05, 3.63) is 54.3 Å². The van der Waals surface area contributed by atoms with Crippen LogP contribution >= 0.6 is 0 Å². The first-order valence-electron chi connectivity index (χ1n) is 10.8. The number of nitrogens with zero attached hydrogens (tertiary/aromatic N) is 3. The number of hydrogen-bond donors (Lipinski definition) is 1. The minimum atomic E-state index is 0.114. The molecule has 30 heavy (non-hydrogen) atoms. The molecule has 3 aliphatic rings. The predicted molar refractivity (Wildman–Crippen MR) is 116 cm³/mol. The molecule has 156 valence electrons. The van der Waals surface area contributed by atoms with E-state index in [4.69, 9.17) is 9.26 Å². The molecule has 0 atom stereocenters. The van der Waals surface area contributed by atoms with E-state index in [1.807, 2.05) is 19.1 Å². The Labute approximate surface area is 177 Å². The first kappa shape index (κ1) is 19.1. The van der Waals surface area contributed by atoms with Gasteiger partial charge in [-0.05, 0) is 80.2 Å². The summed E-state index contributed by atoms with van der Waals surface area (Å²) in [6.07, 6.45) is 8.86. The zero-order valence-electron chi connectivity index (χ0n) is 17.6. The van der Waals surface area contributed by atoms with Crippen molar-refractivity contribution in [1.29, 1.82) is 0 Å². The first-order chi connectivity index (χ1) is 14.6. The molecule has 2 heterocycles. The van der Waals surface area contributed by atoms with Crippen LogP contribution in [-0.4, -0.2) is 28.8 Å². The van der Waals surface area contributed by atoms with Crippen molar-refractivity contribution in [2.75, 3.05) is 19.0 Å². The third-order valence-corrected chi connectivity index (χ3v) is 7.19. The maximum absolute atomic E-state index is 5.57. The van der Waals surface area contributed by atoms with Gasteiger partial charge < -0.3 is 14.6 Å². The third-order valence-electron chi connectivity index (χ3n) is 7.19. The number of benzene rings is 1.